The second-order valence-electron chi connectivity index (χ2n) is 4.84. The van der Waals surface area contributed by atoms with E-state index in [1.54, 1.807) is 0 Å². The third kappa shape index (κ3) is 2.44. The van der Waals surface area contributed by atoms with Gasteiger partial charge in [-0.3, -0.25) is 4.79 Å². The quantitative estimate of drug-likeness (QED) is 0.693. The normalized spacial score (nSPS) is 18.6. The molecular formula is C10H19NO2. The Morgan fingerprint density at radius 2 is 2.00 bits per heavy atom. The molecule has 1 N–H and O–H groups in total. The first-order valence-corrected chi connectivity index (χ1v) is 4.84. The fraction of sp³-hybridized carbons (Fsp3) is 0.900. The lowest BCUT2D eigenvalue weighted by Gasteiger charge is -2.46. The van der Waals surface area contributed by atoms with Crippen molar-refractivity contribution in [1.82, 2.24) is 4.90 Å². The number of aliphatic hydroxyl groups is 1. The third-order valence-corrected chi connectivity index (χ3v) is 2.78. The molecule has 0 unspecified atom stereocenters. The molecule has 13 heavy (non-hydrogen) atoms. The molecule has 0 spiro atoms. The van der Waals surface area contributed by atoms with Crippen molar-refractivity contribution in [2.24, 2.45) is 11.3 Å². The molecule has 0 atom stereocenters. The summed E-state index contributed by atoms with van der Waals surface area (Å²) in [6, 6.07) is 0. The lowest BCUT2D eigenvalue weighted by molar-refractivity contribution is -0.140. The van der Waals surface area contributed by atoms with Gasteiger partial charge in [-0.2, -0.15) is 0 Å². The minimum atomic E-state index is -0.0322. The first-order chi connectivity index (χ1) is 5.95. The molecule has 1 fully saturated rings. The summed E-state index contributed by atoms with van der Waals surface area (Å²) in [5, 5.41) is 8.58. The summed E-state index contributed by atoms with van der Waals surface area (Å²) in [6.07, 6.45) is 0.275. The molecule has 1 aliphatic heterocycles. The number of amides is 1. The number of hydrogen-bond donors (Lipinski definition) is 1. The van der Waals surface area contributed by atoms with Gasteiger partial charge >= 0.3 is 0 Å². The van der Waals surface area contributed by atoms with Crippen LogP contribution in [0.2, 0.25) is 0 Å². The Morgan fingerprint density at radius 3 is 2.38 bits per heavy atom. The van der Waals surface area contributed by atoms with Crippen LogP contribution in [-0.2, 0) is 4.79 Å². The number of aliphatic hydroxyl groups excluding tert-OH is 1. The SMILES string of the molecule is CC(C)(C)C1CN(C(=O)CCO)C1. The maximum Gasteiger partial charge on any atom is 0.224 e. The van der Waals surface area contributed by atoms with Gasteiger partial charge in [-0.25, -0.2) is 0 Å². The van der Waals surface area contributed by atoms with E-state index in [-0.39, 0.29) is 18.9 Å². The highest BCUT2D eigenvalue weighted by atomic mass is 16.3. The van der Waals surface area contributed by atoms with E-state index in [0.717, 1.165) is 13.1 Å². The standard InChI is InChI=1S/C10H19NO2/c1-10(2,3)8-6-11(7-8)9(13)4-5-12/h8,12H,4-7H2,1-3H3. The topological polar surface area (TPSA) is 40.5 Å². The van der Waals surface area contributed by atoms with Crippen molar-refractivity contribution in [2.45, 2.75) is 27.2 Å². The fourth-order valence-corrected chi connectivity index (χ4v) is 1.48. The molecule has 0 aromatic rings. The average molecular weight is 185 g/mol. The van der Waals surface area contributed by atoms with E-state index in [4.69, 9.17) is 5.11 Å². The Labute approximate surface area is 79.7 Å². The second-order valence-corrected chi connectivity index (χ2v) is 4.84. The van der Waals surface area contributed by atoms with Crippen molar-refractivity contribution in [1.29, 1.82) is 0 Å². The van der Waals surface area contributed by atoms with Gasteiger partial charge < -0.3 is 10.0 Å². The molecule has 0 saturated carbocycles. The van der Waals surface area contributed by atoms with Crippen molar-refractivity contribution in [3.8, 4) is 0 Å². The molecule has 0 radical (unpaired) electrons. The van der Waals surface area contributed by atoms with Crippen LogP contribution in [0, 0.1) is 11.3 Å². The van der Waals surface area contributed by atoms with Crippen LogP contribution < -0.4 is 0 Å². The Balaban J connectivity index is 2.29. The first-order valence-electron chi connectivity index (χ1n) is 4.84. The van der Waals surface area contributed by atoms with E-state index in [1.165, 1.54) is 0 Å². The van der Waals surface area contributed by atoms with Crippen molar-refractivity contribution < 1.29 is 9.90 Å². The van der Waals surface area contributed by atoms with Crippen LogP contribution in [0.3, 0.4) is 0 Å². The summed E-state index contributed by atoms with van der Waals surface area (Å²) in [6.45, 7) is 8.29. The molecular weight excluding hydrogens is 166 g/mol. The summed E-state index contributed by atoms with van der Waals surface area (Å²) in [4.78, 5) is 13.1. The average Bonchev–Trinajstić information content (AvgIpc) is 1.79. The molecule has 3 nitrogen and oxygen atoms in total. The highest BCUT2D eigenvalue weighted by Gasteiger charge is 2.37. The van der Waals surface area contributed by atoms with Gasteiger partial charge in [-0.1, -0.05) is 20.8 Å². The molecule has 1 heterocycles. The van der Waals surface area contributed by atoms with Crippen LogP contribution in [0.25, 0.3) is 0 Å². The minimum Gasteiger partial charge on any atom is -0.396 e. The number of hydrogen-bond acceptors (Lipinski definition) is 2. The Kier molecular flexibility index (Phi) is 2.96. The van der Waals surface area contributed by atoms with Crippen LogP contribution in [0.4, 0.5) is 0 Å². The van der Waals surface area contributed by atoms with Crippen LogP contribution in [0.5, 0.6) is 0 Å². The number of nitrogens with zero attached hydrogens (tertiary/aromatic N) is 1. The Morgan fingerprint density at radius 1 is 1.46 bits per heavy atom. The summed E-state index contributed by atoms with van der Waals surface area (Å²) in [7, 11) is 0. The zero-order chi connectivity index (χ0) is 10.1. The van der Waals surface area contributed by atoms with E-state index in [9.17, 15) is 4.79 Å². The van der Waals surface area contributed by atoms with Gasteiger partial charge in [0.2, 0.25) is 5.91 Å². The Hall–Kier alpha value is -0.570. The molecule has 0 aliphatic carbocycles. The summed E-state index contributed by atoms with van der Waals surface area (Å²) >= 11 is 0. The maximum atomic E-state index is 11.3. The molecule has 0 aromatic heterocycles. The van der Waals surface area contributed by atoms with Gasteiger partial charge in [0.05, 0.1) is 6.61 Å². The zero-order valence-electron chi connectivity index (χ0n) is 8.71. The van der Waals surface area contributed by atoms with Gasteiger partial charge in [0, 0.05) is 19.5 Å². The molecule has 0 bridgehead atoms. The molecule has 1 saturated heterocycles. The largest absolute Gasteiger partial charge is 0.396 e. The summed E-state index contributed by atoms with van der Waals surface area (Å²) < 4.78 is 0. The van der Waals surface area contributed by atoms with E-state index in [1.807, 2.05) is 4.90 Å². The van der Waals surface area contributed by atoms with Gasteiger partial charge in [0.1, 0.15) is 0 Å². The van der Waals surface area contributed by atoms with E-state index >= 15 is 0 Å². The fourth-order valence-electron chi connectivity index (χ4n) is 1.48. The number of likely N-dealkylation sites (tertiary alicyclic amines) is 1. The maximum absolute atomic E-state index is 11.3. The van der Waals surface area contributed by atoms with Gasteiger partial charge in [-0.15, -0.1) is 0 Å². The molecule has 0 aromatic carbocycles. The van der Waals surface area contributed by atoms with Crippen LogP contribution in [-0.4, -0.2) is 35.6 Å². The molecule has 3 heteroatoms. The summed E-state index contributed by atoms with van der Waals surface area (Å²) in [5.74, 6) is 0.707. The molecule has 1 rings (SSSR count). The van der Waals surface area contributed by atoms with E-state index in [0.29, 0.717) is 11.3 Å². The molecule has 1 amide bonds. The second kappa shape index (κ2) is 3.66. The van der Waals surface area contributed by atoms with Crippen molar-refractivity contribution in [2.75, 3.05) is 19.7 Å². The van der Waals surface area contributed by atoms with Crippen LogP contribution >= 0.6 is 0 Å². The van der Waals surface area contributed by atoms with Gasteiger partial charge in [0.15, 0.2) is 0 Å². The van der Waals surface area contributed by atoms with Crippen molar-refractivity contribution >= 4 is 5.91 Å². The lowest BCUT2D eigenvalue weighted by Crippen LogP contribution is -2.54. The molecule has 1 aliphatic rings. The highest BCUT2D eigenvalue weighted by Crippen LogP contribution is 2.33. The predicted molar refractivity (Wildman–Crippen MR) is 51.2 cm³/mol. The van der Waals surface area contributed by atoms with Crippen molar-refractivity contribution in [3.63, 3.8) is 0 Å². The first kappa shape index (κ1) is 10.5. The summed E-state index contributed by atoms with van der Waals surface area (Å²) in [5.41, 5.74) is 0.302. The minimum absolute atomic E-state index is 0.0322. The Bertz CT molecular complexity index is 190. The van der Waals surface area contributed by atoms with Gasteiger partial charge in [-0.05, 0) is 11.3 Å². The number of carbonyl (C=O) groups excluding carboxylic acids is 1. The van der Waals surface area contributed by atoms with Crippen LogP contribution in [0.15, 0.2) is 0 Å². The monoisotopic (exact) mass is 185 g/mol. The van der Waals surface area contributed by atoms with E-state index < -0.39 is 0 Å². The smallest absolute Gasteiger partial charge is 0.224 e. The number of carbonyl (C=O) groups is 1. The zero-order valence-corrected chi connectivity index (χ0v) is 8.71. The number of rotatable bonds is 2. The van der Waals surface area contributed by atoms with E-state index in [2.05, 4.69) is 20.8 Å². The highest BCUT2D eigenvalue weighted by molar-refractivity contribution is 5.77. The van der Waals surface area contributed by atoms with Gasteiger partial charge in [0.25, 0.3) is 0 Å². The lowest BCUT2D eigenvalue weighted by atomic mass is 9.76. The predicted octanol–water partition coefficient (Wildman–Crippen LogP) is 0.873. The third-order valence-electron chi connectivity index (χ3n) is 2.78. The van der Waals surface area contributed by atoms with Crippen LogP contribution in [0.1, 0.15) is 27.2 Å². The molecule has 76 valence electrons. The van der Waals surface area contributed by atoms with Crippen molar-refractivity contribution in [3.05, 3.63) is 0 Å².